The van der Waals surface area contributed by atoms with Crippen LogP contribution in [-0.4, -0.2) is 39.1 Å². The second-order valence-electron chi connectivity index (χ2n) is 6.74. The highest BCUT2D eigenvalue weighted by Gasteiger charge is 2.35. The largest absolute Gasteiger partial charge is 0.478 e. The number of halogens is 1. The van der Waals surface area contributed by atoms with Gasteiger partial charge >= 0.3 is 5.97 Å². The number of thioether (sulfide) groups is 1. The number of aromatic nitrogens is 1. The van der Waals surface area contributed by atoms with Crippen LogP contribution in [0.4, 0.5) is 10.1 Å². The number of allylic oxidation sites excluding steroid dienone is 2. The van der Waals surface area contributed by atoms with E-state index >= 15 is 0 Å². The highest BCUT2D eigenvalue weighted by molar-refractivity contribution is 8.00. The van der Waals surface area contributed by atoms with E-state index in [4.69, 9.17) is 0 Å². The first kappa shape index (κ1) is 20.9. The molecule has 3 rings (SSSR count). The number of nitrogens with zero attached hydrogens (tertiary/aromatic N) is 3. The summed E-state index contributed by atoms with van der Waals surface area (Å²) in [7, 11) is 1.92. The zero-order chi connectivity index (χ0) is 21.0. The van der Waals surface area contributed by atoms with Gasteiger partial charge in [0.1, 0.15) is 17.0 Å². The summed E-state index contributed by atoms with van der Waals surface area (Å²) in [6.45, 7) is 4.21. The molecule has 1 aromatic heterocycles. The molecular formula is C22H24FN3O2S. The van der Waals surface area contributed by atoms with Crippen LogP contribution in [-0.2, 0) is 11.3 Å². The first-order valence-electron chi connectivity index (χ1n) is 9.34. The van der Waals surface area contributed by atoms with Gasteiger partial charge in [-0.1, -0.05) is 19.1 Å². The summed E-state index contributed by atoms with van der Waals surface area (Å²) in [5, 5.41) is 9.48. The minimum absolute atomic E-state index is 0.310. The van der Waals surface area contributed by atoms with Crippen LogP contribution >= 0.6 is 11.8 Å². The molecular weight excluding hydrogens is 389 g/mol. The van der Waals surface area contributed by atoms with Crippen LogP contribution < -0.4 is 4.90 Å². The standard InChI is InChI=1S/C22H24FN3O2S/c1-4-29-21-20(22(27)28)15(2)11-19(25(3)18-9-6-10-24-13-18)26(21)14-16-7-5-8-17(23)12-16/h5-13,21H,4,14H2,1-3H3,(H,27,28). The van der Waals surface area contributed by atoms with Crippen molar-refractivity contribution in [3.63, 3.8) is 0 Å². The van der Waals surface area contributed by atoms with E-state index in [9.17, 15) is 14.3 Å². The molecule has 0 saturated carbocycles. The highest BCUT2D eigenvalue weighted by Crippen LogP contribution is 2.37. The van der Waals surface area contributed by atoms with Crippen LogP contribution in [0.2, 0.25) is 0 Å². The summed E-state index contributed by atoms with van der Waals surface area (Å²) in [6, 6.07) is 10.2. The van der Waals surface area contributed by atoms with E-state index in [1.54, 1.807) is 30.2 Å². The van der Waals surface area contributed by atoms with Crippen molar-refractivity contribution < 1.29 is 14.3 Å². The van der Waals surface area contributed by atoms with Gasteiger partial charge in [-0.2, -0.15) is 0 Å². The Labute approximate surface area is 174 Å². The molecule has 0 bridgehead atoms. The van der Waals surface area contributed by atoms with Crippen LogP contribution in [0.25, 0.3) is 0 Å². The number of aliphatic carboxylic acids is 1. The van der Waals surface area contributed by atoms with Gasteiger partial charge in [0.15, 0.2) is 0 Å². The second-order valence-corrected chi connectivity index (χ2v) is 8.10. The fourth-order valence-electron chi connectivity index (χ4n) is 3.40. The molecule has 1 aliphatic heterocycles. The minimum atomic E-state index is -0.933. The van der Waals surface area contributed by atoms with E-state index in [2.05, 4.69) is 4.98 Å². The van der Waals surface area contributed by atoms with Crippen LogP contribution in [0.15, 0.2) is 71.8 Å². The smallest absolute Gasteiger partial charge is 0.334 e. The zero-order valence-corrected chi connectivity index (χ0v) is 17.5. The number of carboxylic acid groups (broad SMARTS) is 1. The number of hydrogen-bond acceptors (Lipinski definition) is 5. The summed E-state index contributed by atoms with van der Waals surface area (Å²) in [6.07, 6.45) is 5.35. The van der Waals surface area contributed by atoms with Crippen LogP contribution in [0.5, 0.6) is 0 Å². The van der Waals surface area contributed by atoms with Gasteiger partial charge in [-0.25, -0.2) is 9.18 Å². The fraction of sp³-hybridized carbons (Fsp3) is 0.273. The molecule has 0 aliphatic carbocycles. The normalized spacial score (nSPS) is 16.6. The lowest BCUT2D eigenvalue weighted by Gasteiger charge is -2.42. The summed E-state index contributed by atoms with van der Waals surface area (Å²) in [5.41, 5.74) is 2.73. The Kier molecular flexibility index (Phi) is 6.59. The van der Waals surface area contributed by atoms with E-state index in [0.29, 0.717) is 17.7 Å². The minimum Gasteiger partial charge on any atom is -0.478 e. The van der Waals surface area contributed by atoms with Crippen molar-refractivity contribution in [1.29, 1.82) is 0 Å². The molecule has 1 aromatic carbocycles. The number of carbonyl (C=O) groups is 1. The van der Waals surface area contributed by atoms with E-state index in [-0.39, 0.29) is 11.2 Å². The predicted molar refractivity (Wildman–Crippen MR) is 115 cm³/mol. The van der Waals surface area contributed by atoms with Gasteiger partial charge in [0.25, 0.3) is 0 Å². The fourth-order valence-corrected chi connectivity index (χ4v) is 4.53. The predicted octanol–water partition coefficient (Wildman–Crippen LogP) is 4.49. The quantitative estimate of drug-likeness (QED) is 0.722. The third kappa shape index (κ3) is 4.62. The van der Waals surface area contributed by atoms with Gasteiger partial charge in [-0.05, 0) is 54.2 Å². The molecule has 1 unspecified atom stereocenters. The van der Waals surface area contributed by atoms with Gasteiger partial charge in [-0.15, -0.1) is 11.8 Å². The Balaban J connectivity index is 2.09. The van der Waals surface area contributed by atoms with Crippen molar-refractivity contribution in [3.8, 4) is 0 Å². The third-order valence-corrected chi connectivity index (χ3v) is 5.91. The Hall–Kier alpha value is -2.80. The summed E-state index contributed by atoms with van der Waals surface area (Å²) in [5.74, 6) is 0.349. The first-order chi connectivity index (χ1) is 13.9. The Morgan fingerprint density at radius 3 is 2.76 bits per heavy atom. The number of hydrogen-bond donors (Lipinski definition) is 1. The average Bonchev–Trinajstić information content (AvgIpc) is 2.70. The maximum absolute atomic E-state index is 13.8. The molecule has 7 heteroatoms. The molecule has 0 amide bonds. The lowest BCUT2D eigenvalue weighted by Crippen LogP contribution is -2.43. The van der Waals surface area contributed by atoms with Crippen molar-refractivity contribution in [2.75, 3.05) is 17.7 Å². The molecule has 0 radical (unpaired) electrons. The van der Waals surface area contributed by atoms with Gasteiger partial charge in [0, 0.05) is 19.8 Å². The molecule has 29 heavy (non-hydrogen) atoms. The molecule has 0 spiro atoms. The molecule has 0 saturated heterocycles. The van der Waals surface area contributed by atoms with Crippen LogP contribution in [0.3, 0.4) is 0 Å². The maximum Gasteiger partial charge on any atom is 0.334 e. The Morgan fingerprint density at radius 1 is 1.34 bits per heavy atom. The number of benzene rings is 1. The van der Waals surface area contributed by atoms with Crippen molar-refractivity contribution >= 4 is 23.4 Å². The summed E-state index contributed by atoms with van der Waals surface area (Å²) in [4.78, 5) is 20.2. The maximum atomic E-state index is 13.8. The van der Waals surface area contributed by atoms with E-state index < -0.39 is 5.97 Å². The molecule has 1 N–H and O–H groups in total. The van der Waals surface area contributed by atoms with Crippen molar-refractivity contribution in [2.45, 2.75) is 25.8 Å². The molecule has 152 valence electrons. The molecule has 1 aliphatic rings. The van der Waals surface area contributed by atoms with Crippen LogP contribution in [0, 0.1) is 5.82 Å². The summed E-state index contributed by atoms with van der Waals surface area (Å²) < 4.78 is 13.8. The van der Waals surface area contributed by atoms with Gasteiger partial charge < -0.3 is 14.9 Å². The number of anilines is 1. The van der Waals surface area contributed by atoms with E-state index in [1.165, 1.54) is 12.1 Å². The Bertz CT molecular complexity index is 946. The third-order valence-electron chi connectivity index (χ3n) is 4.77. The highest BCUT2D eigenvalue weighted by atomic mass is 32.2. The van der Waals surface area contributed by atoms with Crippen LogP contribution in [0.1, 0.15) is 19.4 Å². The van der Waals surface area contributed by atoms with Gasteiger partial charge in [0.05, 0.1) is 17.5 Å². The average molecular weight is 414 g/mol. The number of rotatable bonds is 7. The molecule has 2 aromatic rings. The monoisotopic (exact) mass is 413 g/mol. The lowest BCUT2D eigenvalue weighted by molar-refractivity contribution is -0.133. The van der Waals surface area contributed by atoms with Gasteiger partial charge in [0.2, 0.25) is 0 Å². The van der Waals surface area contributed by atoms with E-state index in [0.717, 1.165) is 22.8 Å². The first-order valence-corrected chi connectivity index (χ1v) is 10.4. The number of carboxylic acids is 1. The zero-order valence-electron chi connectivity index (χ0n) is 16.7. The van der Waals surface area contributed by atoms with Crippen molar-refractivity contribution in [3.05, 3.63) is 83.2 Å². The van der Waals surface area contributed by atoms with E-state index in [1.807, 2.05) is 55.0 Å². The Morgan fingerprint density at radius 2 is 2.14 bits per heavy atom. The lowest BCUT2D eigenvalue weighted by atomic mass is 10.0. The molecule has 1 atom stereocenters. The molecule has 2 heterocycles. The van der Waals surface area contributed by atoms with Crippen molar-refractivity contribution in [1.82, 2.24) is 9.88 Å². The SMILES string of the molecule is CCSC1C(C(=O)O)=C(C)C=C(N(C)c2cccnc2)N1Cc1cccc(F)c1. The summed E-state index contributed by atoms with van der Waals surface area (Å²) >= 11 is 1.55. The molecule has 5 nitrogen and oxygen atoms in total. The molecule has 0 fully saturated rings. The number of pyridine rings is 1. The van der Waals surface area contributed by atoms with Gasteiger partial charge in [-0.3, -0.25) is 4.98 Å². The topological polar surface area (TPSA) is 56.7 Å². The van der Waals surface area contributed by atoms with Crippen molar-refractivity contribution in [2.24, 2.45) is 0 Å². The second kappa shape index (κ2) is 9.13.